The number of nitrogens with one attached hydrogen (secondary N) is 1. The molecular formula is C16H17FN2O4S. The minimum Gasteiger partial charge on any atom is -0.480 e. The smallest absolute Gasteiger partial charge is 0.328 e. The summed E-state index contributed by atoms with van der Waals surface area (Å²) in [7, 11) is 0. The highest BCUT2D eigenvalue weighted by Gasteiger charge is 2.65. The Morgan fingerprint density at radius 1 is 1.38 bits per heavy atom. The molecule has 2 saturated heterocycles. The van der Waals surface area contributed by atoms with Crippen molar-refractivity contribution in [2.45, 2.75) is 35.5 Å². The van der Waals surface area contributed by atoms with Crippen molar-refractivity contribution in [1.29, 1.82) is 0 Å². The number of amides is 2. The van der Waals surface area contributed by atoms with Crippen LogP contribution in [0.15, 0.2) is 30.3 Å². The van der Waals surface area contributed by atoms with Crippen molar-refractivity contribution >= 4 is 29.5 Å². The van der Waals surface area contributed by atoms with Crippen molar-refractivity contribution in [3.63, 3.8) is 0 Å². The lowest BCUT2D eigenvalue weighted by Gasteiger charge is -2.43. The van der Waals surface area contributed by atoms with E-state index in [0.29, 0.717) is 0 Å². The van der Waals surface area contributed by atoms with Crippen LogP contribution in [0.5, 0.6) is 0 Å². The van der Waals surface area contributed by atoms with Gasteiger partial charge in [0.2, 0.25) is 11.8 Å². The molecule has 24 heavy (non-hydrogen) atoms. The zero-order chi connectivity index (χ0) is 17.5. The largest absolute Gasteiger partial charge is 0.480 e. The van der Waals surface area contributed by atoms with Crippen LogP contribution in [0, 0.1) is 0 Å². The van der Waals surface area contributed by atoms with Crippen LogP contribution in [0.2, 0.25) is 0 Å². The summed E-state index contributed by atoms with van der Waals surface area (Å²) in [5, 5.41) is 11.4. The predicted molar refractivity (Wildman–Crippen MR) is 86.1 cm³/mol. The van der Waals surface area contributed by atoms with Gasteiger partial charge in [-0.3, -0.25) is 9.59 Å². The molecule has 0 bridgehead atoms. The Kier molecular flexibility index (Phi) is 4.25. The fourth-order valence-corrected chi connectivity index (χ4v) is 4.76. The van der Waals surface area contributed by atoms with Gasteiger partial charge in [0.25, 0.3) is 0 Å². The summed E-state index contributed by atoms with van der Waals surface area (Å²) < 4.78 is 12.2. The molecular weight excluding hydrogens is 335 g/mol. The molecule has 6 nitrogen and oxygen atoms in total. The molecule has 2 fully saturated rings. The molecule has 0 aliphatic carbocycles. The number of rotatable bonds is 5. The van der Waals surface area contributed by atoms with Gasteiger partial charge in [-0.2, -0.15) is 0 Å². The number of hydrogen-bond acceptors (Lipinski definition) is 4. The molecule has 128 valence electrons. The summed E-state index contributed by atoms with van der Waals surface area (Å²) in [4.78, 5) is 37.0. The number of halogens is 1. The minimum atomic E-state index is -1.23. The number of β-lactam (4-membered cyclic amide) rings is 1. The van der Waals surface area contributed by atoms with Gasteiger partial charge in [0, 0.05) is 0 Å². The van der Waals surface area contributed by atoms with Crippen LogP contribution in [0.1, 0.15) is 12.5 Å². The van der Waals surface area contributed by atoms with E-state index >= 15 is 0 Å². The van der Waals surface area contributed by atoms with Crippen LogP contribution in [-0.4, -0.2) is 56.7 Å². The van der Waals surface area contributed by atoms with E-state index in [1.807, 2.05) is 18.2 Å². The number of carbonyl (C=O) groups excluding carboxylic acids is 2. The minimum absolute atomic E-state index is 0.130. The molecule has 1 aromatic rings. The first kappa shape index (κ1) is 16.8. The molecule has 4 atom stereocenters. The Morgan fingerprint density at radius 3 is 2.62 bits per heavy atom. The molecule has 0 radical (unpaired) electrons. The molecule has 2 aliphatic rings. The molecule has 1 aromatic carbocycles. The molecule has 3 unspecified atom stereocenters. The number of aliphatic carboxylic acids is 1. The Balaban J connectivity index is 1.69. The molecule has 2 aliphatic heterocycles. The monoisotopic (exact) mass is 352 g/mol. The van der Waals surface area contributed by atoms with Gasteiger partial charge in [0.15, 0.2) is 0 Å². The molecule has 2 N–H and O–H groups in total. The Labute approximate surface area is 142 Å². The van der Waals surface area contributed by atoms with Gasteiger partial charge in [-0.25, -0.2) is 9.18 Å². The van der Waals surface area contributed by atoms with Crippen LogP contribution in [-0.2, 0) is 20.8 Å². The second-order valence-corrected chi connectivity index (χ2v) is 7.80. The van der Waals surface area contributed by atoms with Crippen molar-refractivity contribution in [1.82, 2.24) is 10.2 Å². The lowest BCUT2D eigenvalue weighted by Crippen LogP contribution is -2.70. The third-order valence-corrected chi connectivity index (χ3v) is 5.96. The number of alkyl halides is 1. The number of carboxylic acids is 1. The zero-order valence-electron chi connectivity index (χ0n) is 12.9. The maximum absolute atomic E-state index is 13.4. The second kappa shape index (κ2) is 6.08. The molecule has 0 aromatic heterocycles. The highest BCUT2D eigenvalue weighted by atomic mass is 32.2. The number of fused-ring (bicyclic) bond motifs is 1. The van der Waals surface area contributed by atoms with E-state index in [2.05, 4.69) is 5.32 Å². The van der Waals surface area contributed by atoms with E-state index in [0.717, 1.165) is 17.3 Å². The molecule has 0 spiro atoms. The standard InChI is InChI=1S/C16H17FN2O4S/c1-16(8-17)12(15(22)23)19-13(21)11(14(19)24-16)18-10(20)7-9-5-3-2-4-6-9/h2-6,11-12,14H,7-8H2,1H3,(H,18,20)(H,22,23)/t11?,12-,14?,16?/m0/s1. The average molecular weight is 352 g/mol. The zero-order valence-corrected chi connectivity index (χ0v) is 13.8. The van der Waals surface area contributed by atoms with Gasteiger partial charge >= 0.3 is 5.97 Å². The highest BCUT2D eigenvalue weighted by molar-refractivity contribution is 8.01. The molecule has 0 saturated carbocycles. The quantitative estimate of drug-likeness (QED) is 0.766. The summed E-state index contributed by atoms with van der Waals surface area (Å²) in [6.45, 7) is 0.629. The van der Waals surface area contributed by atoms with Gasteiger partial charge in [-0.05, 0) is 12.5 Å². The Morgan fingerprint density at radius 2 is 2.04 bits per heavy atom. The van der Waals surface area contributed by atoms with E-state index in [1.54, 1.807) is 12.1 Å². The first-order chi connectivity index (χ1) is 11.4. The van der Waals surface area contributed by atoms with Crippen molar-refractivity contribution in [2.75, 3.05) is 6.67 Å². The first-order valence-corrected chi connectivity index (χ1v) is 8.37. The van der Waals surface area contributed by atoms with Crippen LogP contribution < -0.4 is 5.32 Å². The summed E-state index contributed by atoms with van der Waals surface area (Å²) >= 11 is 1.09. The van der Waals surface area contributed by atoms with Crippen molar-refractivity contribution in [2.24, 2.45) is 0 Å². The number of benzene rings is 1. The van der Waals surface area contributed by atoms with E-state index < -0.39 is 40.8 Å². The SMILES string of the molecule is CC1(CF)SC2C(NC(=O)Cc3ccccc3)C(=O)N2[C@H]1C(=O)O. The number of nitrogens with zero attached hydrogens (tertiary/aromatic N) is 1. The summed E-state index contributed by atoms with van der Waals surface area (Å²) in [5.41, 5.74) is 0.815. The van der Waals surface area contributed by atoms with Crippen LogP contribution in [0.25, 0.3) is 0 Å². The normalized spacial score (nSPS) is 31.3. The summed E-state index contributed by atoms with van der Waals surface area (Å²) in [6.07, 6.45) is 0.130. The highest BCUT2D eigenvalue weighted by Crippen LogP contribution is 2.51. The Hall–Kier alpha value is -2.09. The number of carbonyl (C=O) groups is 3. The molecule has 2 amide bonds. The topological polar surface area (TPSA) is 86.7 Å². The second-order valence-electron chi connectivity index (χ2n) is 6.15. The lowest BCUT2D eigenvalue weighted by molar-refractivity contribution is -0.161. The average Bonchev–Trinajstić information content (AvgIpc) is 2.84. The van der Waals surface area contributed by atoms with Crippen molar-refractivity contribution < 1.29 is 23.9 Å². The molecule has 2 heterocycles. The first-order valence-electron chi connectivity index (χ1n) is 7.49. The predicted octanol–water partition coefficient (Wildman–Crippen LogP) is 0.810. The lowest BCUT2D eigenvalue weighted by atomic mass is 9.95. The fourth-order valence-electron chi connectivity index (χ4n) is 3.14. The van der Waals surface area contributed by atoms with Gasteiger partial charge in [-0.1, -0.05) is 30.3 Å². The Bertz CT molecular complexity index is 686. The van der Waals surface area contributed by atoms with E-state index in [1.165, 1.54) is 11.8 Å². The summed E-state index contributed by atoms with van der Waals surface area (Å²) in [5.74, 6) is -2.02. The molecule has 3 rings (SSSR count). The third kappa shape index (κ3) is 2.64. The van der Waals surface area contributed by atoms with Crippen molar-refractivity contribution in [3.05, 3.63) is 35.9 Å². The van der Waals surface area contributed by atoms with Crippen LogP contribution in [0.4, 0.5) is 4.39 Å². The maximum Gasteiger partial charge on any atom is 0.328 e. The maximum atomic E-state index is 13.4. The summed E-state index contributed by atoms with van der Waals surface area (Å²) in [6, 6.07) is 7.06. The number of carboxylic acid groups (broad SMARTS) is 1. The van der Waals surface area contributed by atoms with Gasteiger partial charge in [0.05, 0.1) is 11.2 Å². The van der Waals surface area contributed by atoms with Crippen LogP contribution in [0.3, 0.4) is 0 Å². The molecule has 8 heteroatoms. The van der Waals surface area contributed by atoms with Gasteiger partial charge in [0.1, 0.15) is 24.1 Å². The van der Waals surface area contributed by atoms with E-state index in [9.17, 15) is 23.9 Å². The van der Waals surface area contributed by atoms with E-state index in [4.69, 9.17) is 0 Å². The number of hydrogen-bond donors (Lipinski definition) is 2. The van der Waals surface area contributed by atoms with Crippen molar-refractivity contribution in [3.8, 4) is 0 Å². The van der Waals surface area contributed by atoms with Crippen LogP contribution >= 0.6 is 11.8 Å². The third-order valence-electron chi connectivity index (χ3n) is 4.35. The number of thioether (sulfide) groups is 1. The van der Waals surface area contributed by atoms with Gasteiger partial charge in [-0.15, -0.1) is 11.8 Å². The van der Waals surface area contributed by atoms with Gasteiger partial charge < -0.3 is 15.3 Å². The fraction of sp³-hybridized carbons (Fsp3) is 0.438. The van der Waals surface area contributed by atoms with E-state index in [-0.39, 0.29) is 12.3 Å².